The van der Waals surface area contributed by atoms with E-state index in [-0.39, 0.29) is 48.0 Å². The van der Waals surface area contributed by atoms with Crippen molar-refractivity contribution in [1.82, 2.24) is 15.1 Å². The van der Waals surface area contributed by atoms with Gasteiger partial charge in [-0.3, -0.25) is 9.59 Å². The van der Waals surface area contributed by atoms with Crippen LogP contribution in [0.5, 0.6) is 0 Å². The molecule has 2 heterocycles. The lowest BCUT2D eigenvalue weighted by molar-refractivity contribution is -0.132. The van der Waals surface area contributed by atoms with Crippen LogP contribution in [0.4, 0.5) is 5.69 Å². The van der Waals surface area contributed by atoms with Gasteiger partial charge in [-0.2, -0.15) is 0 Å². The minimum Gasteiger partial charge on any atom is -0.340 e. The fraction of sp³-hybridized carbons (Fsp3) is 0.619. The van der Waals surface area contributed by atoms with E-state index in [4.69, 9.17) is 0 Å². The second-order valence-corrected chi connectivity index (χ2v) is 8.42. The second-order valence-electron chi connectivity index (χ2n) is 8.42. The summed E-state index contributed by atoms with van der Waals surface area (Å²) in [5, 5.41) is 6.44. The Morgan fingerprint density at radius 3 is 2.31 bits per heavy atom. The molecule has 1 spiro atoms. The van der Waals surface area contributed by atoms with Crippen LogP contribution in [0.3, 0.4) is 0 Å². The maximum atomic E-state index is 12.5. The van der Waals surface area contributed by atoms with Gasteiger partial charge in [-0.15, -0.1) is 24.8 Å². The van der Waals surface area contributed by atoms with E-state index >= 15 is 0 Å². The minimum atomic E-state index is 0. The van der Waals surface area contributed by atoms with Gasteiger partial charge in [-0.05, 0) is 62.5 Å². The average Bonchev–Trinajstić information content (AvgIpc) is 3.37. The summed E-state index contributed by atoms with van der Waals surface area (Å²) in [5.74, 6) is 0.502. The van der Waals surface area contributed by atoms with Gasteiger partial charge in [0.15, 0.2) is 0 Å². The first-order valence-corrected chi connectivity index (χ1v) is 10.1. The van der Waals surface area contributed by atoms with Gasteiger partial charge in [0.05, 0.1) is 6.42 Å². The third kappa shape index (κ3) is 5.63. The van der Waals surface area contributed by atoms with Gasteiger partial charge < -0.3 is 20.4 Å². The summed E-state index contributed by atoms with van der Waals surface area (Å²) in [6.45, 7) is 5.55. The number of hydrogen-bond donors (Lipinski definition) is 2. The van der Waals surface area contributed by atoms with Crippen molar-refractivity contribution >= 4 is 42.3 Å². The zero-order valence-corrected chi connectivity index (χ0v) is 18.6. The number of nitrogens with one attached hydrogen (secondary N) is 2. The maximum absolute atomic E-state index is 12.5. The first kappa shape index (κ1) is 23.9. The van der Waals surface area contributed by atoms with Gasteiger partial charge >= 0.3 is 0 Å². The van der Waals surface area contributed by atoms with Crippen LogP contribution in [0.15, 0.2) is 24.3 Å². The number of piperazine rings is 1. The van der Waals surface area contributed by atoms with Crippen LogP contribution in [0.2, 0.25) is 0 Å². The number of hydrogen-bond acceptors (Lipinski definition) is 4. The topological polar surface area (TPSA) is 64.7 Å². The number of nitrogens with zero attached hydrogens (tertiary/aromatic N) is 2. The van der Waals surface area contributed by atoms with Crippen molar-refractivity contribution in [3.8, 4) is 0 Å². The second kappa shape index (κ2) is 10.1. The molecule has 0 radical (unpaired) electrons. The molecule has 8 heteroatoms. The van der Waals surface area contributed by atoms with E-state index in [1.54, 1.807) is 0 Å². The number of piperidine rings is 1. The van der Waals surface area contributed by atoms with Crippen molar-refractivity contribution in [3.63, 3.8) is 0 Å². The highest BCUT2D eigenvalue weighted by atomic mass is 35.5. The lowest BCUT2D eigenvalue weighted by Crippen LogP contribution is -2.47. The molecule has 4 rings (SSSR count). The van der Waals surface area contributed by atoms with Crippen molar-refractivity contribution in [2.24, 2.45) is 11.3 Å². The quantitative estimate of drug-likeness (QED) is 0.749. The number of likely N-dealkylation sites (N-methyl/N-ethyl adjacent to an activating group) is 1. The van der Waals surface area contributed by atoms with Gasteiger partial charge in [0.1, 0.15) is 0 Å². The number of halogens is 2. The summed E-state index contributed by atoms with van der Waals surface area (Å²) in [6, 6.07) is 7.75. The Bertz CT molecular complexity index is 699. The van der Waals surface area contributed by atoms with Crippen LogP contribution in [0.1, 0.15) is 24.8 Å². The van der Waals surface area contributed by atoms with Crippen LogP contribution >= 0.6 is 24.8 Å². The number of anilines is 1. The number of amides is 2. The Kier molecular flexibility index (Phi) is 8.35. The predicted molar refractivity (Wildman–Crippen MR) is 120 cm³/mol. The summed E-state index contributed by atoms with van der Waals surface area (Å²) in [7, 11) is 2.09. The third-order valence-corrected chi connectivity index (χ3v) is 6.54. The van der Waals surface area contributed by atoms with Crippen molar-refractivity contribution in [2.45, 2.75) is 25.7 Å². The van der Waals surface area contributed by atoms with Crippen molar-refractivity contribution < 1.29 is 9.59 Å². The molecule has 6 nitrogen and oxygen atoms in total. The van der Waals surface area contributed by atoms with E-state index in [0.29, 0.717) is 6.42 Å². The molecule has 3 fully saturated rings. The minimum absolute atomic E-state index is 0. The Hall–Kier alpha value is -1.34. The Labute approximate surface area is 185 Å². The van der Waals surface area contributed by atoms with Crippen LogP contribution < -0.4 is 10.6 Å². The summed E-state index contributed by atoms with van der Waals surface area (Å²) in [4.78, 5) is 29.2. The van der Waals surface area contributed by atoms with E-state index in [1.165, 1.54) is 0 Å². The molecule has 1 aliphatic carbocycles. The zero-order valence-electron chi connectivity index (χ0n) is 17.0. The van der Waals surface area contributed by atoms with Crippen molar-refractivity contribution in [1.29, 1.82) is 0 Å². The summed E-state index contributed by atoms with van der Waals surface area (Å²) >= 11 is 0. The molecule has 162 valence electrons. The lowest BCUT2D eigenvalue weighted by atomic mass is 9.92. The molecule has 29 heavy (non-hydrogen) atoms. The molecule has 2 saturated heterocycles. The molecule has 1 unspecified atom stereocenters. The smallest absolute Gasteiger partial charge is 0.228 e. The van der Waals surface area contributed by atoms with Crippen molar-refractivity contribution in [3.05, 3.63) is 29.8 Å². The molecule has 2 aliphatic heterocycles. The zero-order chi connectivity index (χ0) is 18.9. The molecule has 3 aliphatic rings. The Morgan fingerprint density at radius 1 is 1.07 bits per heavy atom. The molecule has 2 amide bonds. The van der Waals surface area contributed by atoms with Crippen LogP contribution in [-0.2, 0) is 16.0 Å². The van der Waals surface area contributed by atoms with E-state index in [1.807, 2.05) is 29.2 Å². The number of carbonyl (C=O) groups excluding carboxylic acids is 2. The van der Waals surface area contributed by atoms with E-state index in [2.05, 4.69) is 22.6 Å². The lowest BCUT2D eigenvalue weighted by Gasteiger charge is -2.32. The van der Waals surface area contributed by atoms with Gasteiger partial charge in [0, 0.05) is 37.8 Å². The molecular weight excluding hydrogens is 411 g/mol. The maximum Gasteiger partial charge on any atom is 0.228 e. The molecular formula is C21H32Cl2N4O2. The van der Waals surface area contributed by atoms with E-state index in [9.17, 15) is 9.59 Å². The fourth-order valence-electron chi connectivity index (χ4n) is 4.47. The SMILES string of the molecule is CN1CCN(C(=O)Cc2ccc(NC(=O)C3CC34CCNCC4)cc2)CC1.Cl.Cl. The highest BCUT2D eigenvalue weighted by Crippen LogP contribution is 2.58. The first-order chi connectivity index (χ1) is 13.1. The van der Waals surface area contributed by atoms with Crippen molar-refractivity contribution in [2.75, 3.05) is 51.6 Å². The van der Waals surface area contributed by atoms with Crippen LogP contribution in [0, 0.1) is 11.3 Å². The molecule has 1 aromatic rings. The predicted octanol–water partition coefficient (Wildman–Crippen LogP) is 2.17. The molecule has 0 aromatic heterocycles. The summed E-state index contributed by atoms with van der Waals surface area (Å²) < 4.78 is 0. The Balaban J connectivity index is 0.00000150. The number of benzene rings is 1. The number of carbonyl (C=O) groups is 2. The summed E-state index contributed by atoms with van der Waals surface area (Å²) in [6.07, 6.45) is 3.67. The normalized spacial score (nSPS) is 22.9. The van der Waals surface area contributed by atoms with Gasteiger partial charge in [-0.1, -0.05) is 12.1 Å². The largest absolute Gasteiger partial charge is 0.340 e. The van der Waals surface area contributed by atoms with Crippen LogP contribution in [0.25, 0.3) is 0 Å². The molecule has 1 saturated carbocycles. The highest BCUT2D eigenvalue weighted by Gasteiger charge is 2.57. The van der Waals surface area contributed by atoms with E-state index in [0.717, 1.165) is 69.8 Å². The van der Waals surface area contributed by atoms with E-state index < -0.39 is 0 Å². The third-order valence-electron chi connectivity index (χ3n) is 6.54. The standard InChI is InChI=1S/C21H30N4O2.2ClH/c1-24-10-12-25(13-11-24)19(26)14-16-2-4-17(5-3-16)23-20(27)18-15-21(18)6-8-22-9-7-21;;/h2-5,18,22H,6-15H2,1H3,(H,23,27);2*1H. The summed E-state index contributed by atoms with van der Waals surface area (Å²) in [5.41, 5.74) is 2.08. The molecule has 2 N–H and O–H groups in total. The monoisotopic (exact) mass is 442 g/mol. The van der Waals surface area contributed by atoms with Gasteiger partial charge in [-0.25, -0.2) is 0 Å². The average molecular weight is 443 g/mol. The molecule has 1 aromatic carbocycles. The molecule has 0 bridgehead atoms. The first-order valence-electron chi connectivity index (χ1n) is 10.1. The van der Waals surface area contributed by atoms with Gasteiger partial charge in [0.25, 0.3) is 0 Å². The van der Waals surface area contributed by atoms with Crippen LogP contribution in [-0.4, -0.2) is 67.9 Å². The fourth-order valence-corrected chi connectivity index (χ4v) is 4.47. The van der Waals surface area contributed by atoms with Gasteiger partial charge in [0.2, 0.25) is 11.8 Å². The molecule has 1 atom stereocenters. The highest BCUT2D eigenvalue weighted by molar-refractivity contribution is 5.95. The Morgan fingerprint density at radius 2 is 1.69 bits per heavy atom. The number of rotatable bonds is 4.